The van der Waals surface area contributed by atoms with Gasteiger partial charge >= 0.3 is 5.97 Å². The molecule has 0 fully saturated rings. The van der Waals surface area contributed by atoms with Crippen molar-refractivity contribution in [3.8, 4) is 0 Å². The third kappa shape index (κ3) is 2.12. The maximum Gasteiger partial charge on any atom is 0.338 e. The van der Waals surface area contributed by atoms with Crippen LogP contribution in [-0.2, 0) is 4.74 Å². The van der Waals surface area contributed by atoms with Crippen LogP contribution >= 0.6 is 0 Å². The van der Waals surface area contributed by atoms with Gasteiger partial charge in [0.1, 0.15) is 0 Å². The smallest absolute Gasteiger partial charge is 0.338 e. The zero-order valence-electron chi connectivity index (χ0n) is 8.73. The van der Waals surface area contributed by atoms with Crippen molar-refractivity contribution in [1.82, 2.24) is 0 Å². The predicted octanol–water partition coefficient (Wildman–Crippen LogP) is 2.00. The van der Waals surface area contributed by atoms with Gasteiger partial charge in [-0.25, -0.2) is 4.79 Å². The van der Waals surface area contributed by atoms with E-state index in [-0.39, 0.29) is 11.3 Å². The van der Waals surface area contributed by atoms with Gasteiger partial charge in [0.05, 0.1) is 17.6 Å². The van der Waals surface area contributed by atoms with Gasteiger partial charge in [-0.1, -0.05) is 0 Å². The van der Waals surface area contributed by atoms with Crippen LogP contribution < -0.4 is 0 Å². The Morgan fingerprint density at radius 2 is 1.93 bits per heavy atom. The molecule has 0 radical (unpaired) electrons. The number of rotatable bonds is 2. The minimum Gasteiger partial charge on any atom is -0.465 e. The molecule has 80 valence electrons. The Balaban J connectivity index is 3.36. The second-order valence-electron chi connectivity index (χ2n) is 3.20. The van der Waals surface area contributed by atoms with Gasteiger partial charge in [0.15, 0.2) is 0 Å². The van der Waals surface area contributed by atoms with Crippen LogP contribution in [0.3, 0.4) is 0 Å². The molecule has 0 aliphatic heterocycles. The van der Waals surface area contributed by atoms with E-state index in [4.69, 9.17) is 0 Å². The largest absolute Gasteiger partial charge is 0.465 e. The average molecular weight is 209 g/mol. The Bertz CT molecular complexity index is 426. The van der Waals surface area contributed by atoms with Crippen molar-refractivity contribution in [3.63, 3.8) is 0 Å². The van der Waals surface area contributed by atoms with Gasteiger partial charge in [-0.2, -0.15) is 0 Å². The number of nitro groups is 1. The van der Waals surface area contributed by atoms with Crippen LogP contribution in [0.1, 0.15) is 21.5 Å². The SMILES string of the molecule is COC(=O)c1cc([N+](=O)[O-])c(C)cc1C. The summed E-state index contributed by atoms with van der Waals surface area (Å²) in [6.45, 7) is 3.34. The topological polar surface area (TPSA) is 69.4 Å². The van der Waals surface area contributed by atoms with Crippen molar-refractivity contribution >= 4 is 11.7 Å². The molecule has 0 spiro atoms. The number of methoxy groups -OCH3 is 1. The number of esters is 1. The summed E-state index contributed by atoms with van der Waals surface area (Å²) < 4.78 is 4.53. The van der Waals surface area contributed by atoms with Crippen LogP contribution in [0.4, 0.5) is 5.69 Å². The van der Waals surface area contributed by atoms with Crippen molar-refractivity contribution < 1.29 is 14.5 Å². The van der Waals surface area contributed by atoms with Crippen LogP contribution in [0.5, 0.6) is 0 Å². The molecule has 0 aliphatic carbocycles. The Labute approximate surface area is 86.8 Å². The highest BCUT2D eigenvalue weighted by atomic mass is 16.6. The molecule has 0 bridgehead atoms. The van der Waals surface area contributed by atoms with Crippen LogP contribution in [0.15, 0.2) is 12.1 Å². The van der Waals surface area contributed by atoms with E-state index in [1.165, 1.54) is 13.2 Å². The van der Waals surface area contributed by atoms with Crippen LogP contribution in [0.25, 0.3) is 0 Å². The lowest BCUT2D eigenvalue weighted by Crippen LogP contribution is -2.05. The Kier molecular flexibility index (Phi) is 3.04. The fourth-order valence-corrected chi connectivity index (χ4v) is 1.37. The molecule has 0 saturated heterocycles. The molecule has 0 aromatic heterocycles. The molecular weight excluding hydrogens is 198 g/mol. The van der Waals surface area contributed by atoms with Gasteiger partial charge in [-0.3, -0.25) is 10.1 Å². The Hall–Kier alpha value is -1.91. The van der Waals surface area contributed by atoms with Crippen molar-refractivity contribution in [2.75, 3.05) is 7.11 Å². The molecule has 0 N–H and O–H groups in total. The van der Waals surface area contributed by atoms with E-state index in [0.29, 0.717) is 11.1 Å². The number of carbonyl (C=O) groups is 1. The Morgan fingerprint density at radius 1 is 1.33 bits per heavy atom. The van der Waals surface area contributed by atoms with E-state index in [1.54, 1.807) is 19.9 Å². The number of ether oxygens (including phenoxy) is 1. The summed E-state index contributed by atoms with van der Waals surface area (Å²) in [5, 5.41) is 10.6. The van der Waals surface area contributed by atoms with Crippen LogP contribution in [0.2, 0.25) is 0 Å². The van der Waals surface area contributed by atoms with Gasteiger partial charge in [0, 0.05) is 11.6 Å². The molecule has 0 atom stereocenters. The number of aryl methyl sites for hydroxylation is 2. The van der Waals surface area contributed by atoms with Crippen LogP contribution in [-0.4, -0.2) is 18.0 Å². The van der Waals surface area contributed by atoms with E-state index in [1.807, 2.05) is 0 Å². The molecule has 15 heavy (non-hydrogen) atoms. The number of carbonyl (C=O) groups excluding carboxylic acids is 1. The van der Waals surface area contributed by atoms with Gasteiger partial charge in [-0.15, -0.1) is 0 Å². The second-order valence-corrected chi connectivity index (χ2v) is 3.20. The van der Waals surface area contributed by atoms with E-state index in [9.17, 15) is 14.9 Å². The summed E-state index contributed by atoms with van der Waals surface area (Å²) in [5.74, 6) is -0.560. The molecule has 5 nitrogen and oxygen atoms in total. The first-order valence-electron chi connectivity index (χ1n) is 4.31. The fraction of sp³-hybridized carbons (Fsp3) is 0.300. The van der Waals surface area contributed by atoms with Gasteiger partial charge < -0.3 is 4.74 Å². The average Bonchev–Trinajstić information content (AvgIpc) is 2.16. The molecule has 0 amide bonds. The van der Waals surface area contributed by atoms with Crippen molar-refractivity contribution in [2.24, 2.45) is 0 Å². The first kappa shape index (κ1) is 11.2. The number of nitrogens with zero attached hydrogens (tertiary/aromatic N) is 1. The highest BCUT2D eigenvalue weighted by Gasteiger charge is 2.17. The first-order chi connectivity index (χ1) is 6.97. The molecule has 1 rings (SSSR count). The molecule has 0 unspecified atom stereocenters. The van der Waals surface area contributed by atoms with Gasteiger partial charge in [0.2, 0.25) is 0 Å². The zero-order valence-corrected chi connectivity index (χ0v) is 8.73. The molecule has 5 heteroatoms. The maximum absolute atomic E-state index is 11.3. The standard InChI is InChI=1S/C10H11NO4/c1-6-4-7(2)9(11(13)14)5-8(6)10(12)15-3/h4-5H,1-3H3. The summed E-state index contributed by atoms with van der Waals surface area (Å²) in [6.07, 6.45) is 0. The summed E-state index contributed by atoms with van der Waals surface area (Å²) in [6, 6.07) is 2.85. The fourth-order valence-electron chi connectivity index (χ4n) is 1.37. The van der Waals surface area contributed by atoms with Crippen molar-refractivity contribution in [1.29, 1.82) is 0 Å². The lowest BCUT2D eigenvalue weighted by molar-refractivity contribution is -0.385. The number of hydrogen-bond donors (Lipinski definition) is 0. The van der Waals surface area contributed by atoms with Gasteiger partial charge in [-0.05, 0) is 25.5 Å². The number of nitro benzene ring substituents is 1. The zero-order chi connectivity index (χ0) is 11.6. The first-order valence-corrected chi connectivity index (χ1v) is 4.31. The Morgan fingerprint density at radius 3 is 2.40 bits per heavy atom. The quantitative estimate of drug-likeness (QED) is 0.424. The van der Waals surface area contributed by atoms with Crippen LogP contribution in [0, 0.1) is 24.0 Å². The van der Waals surface area contributed by atoms with Crippen molar-refractivity contribution in [3.05, 3.63) is 38.9 Å². The molecule has 1 aromatic carbocycles. The van der Waals surface area contributed by atoms with E-state index in [0.717, 1.165) is 0 Å². The van der Waals surface area contributed by atoms with Gasteiger partial charge in [0.25, 0.3) is 5.69 Å². The highest BCUT2D eigenvalue weighted by molar-refractivity contribution is 5.92. The van der Waals surface area contributed by atoms with E-state index < -0.39 is 10.9 Å². The lowest BCUT2D eigenvalue weighted by Gasteiger charge is -2.05. The normalized spacial score (nSPS) is 9.80. The van der Waals surface area contributed by atoms with Crippen molar-refractivity contribution in [2.45, 2.75) is 13.8 Å². The third-order valence-corrected chi connectivity index (χ3v) is 2.14. The highest BCUT2D eigenvalue weighted by Crippen LogP contribution is 2.22. The third-order valence-electron chi connectivity index (χ3n) is 2.14. The molecular formula is C10H11NO4. The molecule has 1 aromatic rings. The molecule has 0 aliphatic rings. The number of hydrogen-bond acceptors (Lipinski definition) is 4. The molecule has 0 heterocycles. The second kappa shape index (κ2) is 4.08. The predicted molar refractivity (Wildman–Crippen MR) is 53.9 cm³/mol. The lowest BCUT2D eigenvalue weighted by atomic mass is 10.0. The number of benzene rings is 1. The summed E-state index contributed by atoms with van der Waals surface area (Å²) in [5.41, 5.74) is 1.37. The minimum atomic E-state index is -0.560. The van der Waals surface area contributed by atoms with E-state index in [2.05, 4.69) is 4.74 Å². The maximum atomic E-state index is 11.3. The minimum absolute atomic E-state index is 0.0685. The van der Waals surface area contributed by atoms with E-state index >= 15 is 0 Å². The summed E-state index contributed by atoms with van der Waals surface area (Å²) in [7, 11) is 1.24. The monoisotopic (exact) mass is 209 g/mol. The summed E-state index contributed by atoms with van der Waals surface area (Å²) in [4.78, 5) is 21.4. The summed E-state index contributed by atoms with van der Waals surface area (Å²) >= 11 is 0. The molecule has 0 saturated carbocycles.